The molecular formula is C17H24N6S. The number of nitrogens with zero attached hydrogens (tertiary/aromatic N) is 5. The van der Waals surface area contributed by atoms with Crippen molar-refractivity contribution < 1.29 is 0 Å². The summed E-state index contributed by atoms with van der Waals surface area (Å²) in [6, 6.07) is 6.05. The van der Waals surface area contributed by atoms with E-state index in [0.717, 1.165) is 56.6 Å². The van der Waals surface area contributed by atoms with Crippen LogP contribution in [0.1, 0.15) is 17.6 Å². The lowest BCUT2D eigenvalue weighted by atomic mass is 10.3. The number of piperazine rings is 1. The minimum absolute atomic E-state index is 0.726. The summed E-state index contributed by atoms with van der Waals surface area (Å²) in [5.74, 6) is 2.00. The molecule has 1 fully saturated rings. The van der Waals surface area contributed by atoms with Gasteiger partial charge >= 0.3 is 0 Å². The minimum Gasteiger partial charge on any atom is -0.353 e. The monoisotopic (exact) mass is 344 g/mol. The number of nitrogens with one attached hydrogen (secondary N) is 1. The standard InChI is InChI=1S/C17H24N6S/c1-3-16-21-14(13-24-16)12-20-17(18-2)23-10-8-22(9-11-23)15-6-4-5-7-19-15/h4-7,13H,3,8-12H2,1-2H3,(H,18,20). The molecule has 6 nitrogen and oxygen atoms in total. The Morgan fingerprint density at radius 2 is 2.12 bits per heavy atom. The molecule has 2 aromatic rings. The average molecular weight is 344 g/mol. The van der Waals surface area contributed by atoms with E-state index in [1.54, 1.807) is 11.3 Å². The topological polar surface area (TPSA) is 56.7 Å². The van der Waals surface area contributed by atoms with Gasteiger partial charge in [-0.15, -0.1) is 11.3 Å². The Balaban J connectivity index is 1.52. The summed E-state index contributed by atoms with van der Waals surface area (Å²) < 4.78 is 0. The molecule has 7 heteroatoms. The highest BCUT2D eigenvalue weighted by molar-refractivity contribution is 7.09. The molecule has 0 aromatic carbocycles. The lowest BCUT2D eigenvalue weighted by Crippen LogP contribution is -2.52. The molecule has 0 unspecified atom stereocenters. The molecule has 0 spiro atoms. The summed E-state index contributed by atoms with van der Waals surface area (Å²) in [5, 5.41) is 6.74. The first-order valence-electron chi connectivity index (χ1n) is 8.35. The molecule has 0 saturated carbocycles. The summed E-state index contributed by atoms with van der Waals surface area (Å²) in [7, 11) is 1.84. The molecule has 0 atom stereocenters. The van der Waals surface area contributed by atoms with Crippen molar-refractivity contribution in [1.29, 1.82) is 0 Å². The van der Waals surface area contributed by atoms with Crippen molar-refractivity contribution >= 4 is 23.1 Å². The maximum Gasteiger partial charge on any atom is 0.194 e. The maximum atomic E-state index is 4.60. The Kier molecular flexibility index (Phi) is 5.63. The van der Waals surface area contributed by atoms with E-state index in [1.807, 2.05) is 25.4 Å². The van der Waals surface area contributed by atoms with Crippen molar-refractivity contribution in [2.45, 2.75) is 19.9 Å². The van der Waals surface area contributed by atoms with E-state index in [-0.39, 0.29) is 0 Å². The first-order chi connectivity index (χ1) is 11.8. The number of thiazole rings is 1. The Labute approximate surface area is 147 Å². The van der Waals surface area contributed by atoms with E-state index in [9.17, 15) is 0 Å². The summed E-state index contributed by atoms with van der Waals surface area (Å²) >= 11 is 1.72. The fourth-order valence-electron chi connectivity index (χ4n) is 2.78. The van der Waals surface area contributed by atoms with E-state index >= 15 is 0 Å². The summed E-state index contributed by atoms with van der Waals surface area (Å²) in [5.41, 5.74) is 1.09. The first kappa shape index (κ1) is 16.7. The van der Waals surface area contributed by atoms with Gasteiger partial charge < -0.3 is 15.1 Å². The van der Waals surface area contributed by atoms with Crippen LogP contribution in [-0.2, 0) is 13.0 Å². The second-order valence-corrected chi connectivity index (χ2v) is 6.59. The predicted molar refractivity (Wildman–Crippen MR) is 99.7 cm³/mol. The van der Waals surface area contributed by atoms with Crippen LogP contribution in [0.5, 0.6) is 0 Å². The Hall–Kier alpha value is -2.15. The molecule has 3 rings (SSSR count). The van der Waals surface area contributed by atoms with Crippen molar-refractivity contribution in [2.24, 2.45) is 4.99 Å². The molecule has 1 saturated heterocycles. The second kappa shape index (κ2) is 8.10. The third-order valence-electron chi connectivity index (χ3n) is 4.09. The van der Waals surface area contributed by atoms with Gasteiger partial charge in [0.2, 0.25) is 0 Å². The zero-order chi connectivity index (χ0) is 16.8. The number of aryl methyl sites for hydroxylation is 1. The minimum atomic E-state index is 0.726. The average Bonchev–Trinajstić information content (AvgIpc) is 3.12. The van der Waals surface area contributed by atoms with Gasteiger partial charge in [-0.1, -0.05) is 13.0 Å². The van der Waals surface area contributed by atoms with Crippen molar-refractivity contribution in [2.75, 3.05) is 38.1 Å². The van der Waals surface area contributed by atoms with E-state index in [2.05, 4.69) is 48.4 Å². The fraction of sp³-hybridized carbons (Fsp3) is 0.471. The third-order valence-corrected chi connectivity index (χ3v) is 5.14. The first-order valence-corrected chi connectivity index (χ1v) is 9.23. The summed E-state index contributed by atoms with van der Waals surface area (Å²) in [6.07, 6.45) is 2.84. The molecule has 128 valence electrons. The summed E-state index contributed by atoms with van der Waals surface area (Å²) in [4.78, 5) is 18.1. The molecule has 0 amide bonds. The number of rotatable bonds is 4. The van der Waals surface area contributed by atoms with Crippen LogP contribution in [0.2, 0.25) is 0 Å². The van der Waals surface area contributed by atoms with Gasteiger partial charge in [-0.05, 0) is 18.6 Å². The molecule has 0 bridgehead atoms. The number of hydrogen-bond donors (Lipinski definition) is 1. The van der Waals surface area contributed by atoms with Crippen LogP contribution in [0.15, 0.2) is 34.8 Å². The van der Waals surface area contributed by atoms with Crippen molar-refractivity contribution in [3.63, 3.8) is 0 Å². The van der Waals surface area contributed by atoms with E-state index in [4.69, 9.17) is 0 Å². The highest BCUT2D eigenvalue weighted by atomic mass is 32.1. The summed E-state index contributed by atoms with van der Waals surface area (Å²) in [6.45, 7) is 6.64. The number of aromatic nitrogens is 2. The Morgan fingerprint density at radius 1 is 1.29 bits per heavy atom. The molecule has 1 aliphatic rings. The molecule has 1 aliphatic heterocycles. The van der Waals surface area contributed by atoms with Crippen molar-refractivity contribution in [3.8, 4) is 0 Å². The smallest absolute Gasteiger partial charge is 0.194 e. The van der Waals surface area contributed by atoms with Crippen LogP contribution in [0.25, 0.3) is 0 Å². The largest absolute Gasteiger partial charge is 0.353 e. The zero-order valence-corrected chi connectivity index (χ0v) is 15.1. The molecule has 24 heavy (non-hydrogen) atoms. The molecule has 2 aromatic heterocycles. The van der Waals surface area contributed by atoms with Crippen LogP contribution in [0.3, 0.4) is 0 Å². The second-order valence-electron chi connectivity index (χ2n) is 5.65. The highest BCUT2D eigenvalue weighted by Gasteiger charge is 2.20. The lowest BCUT2D eigenvalue weighted by Gasteiger charge is -2.37. The molecule has 0 radical (unpaired) electrons. The van der Waals surface area contributed by atoms with Crippen LogP contribution in [0, 0.1) is 0 Å². The molecule has 3 heterocycles. The molecule has 1 N–H and O–H groups in total. The van der Waals surface area contributed by atoms with E-state index in [1.165, 1.54) is 5.01 Å². The quantitative estimate of drug-likeness (QED) is 0.679. The zero-order valence-electron chi connectivity index (χ0n) is 14.3. The van der Waals surface area contributed by atoms with Gasteiger partial charge in [0.1, 0.15) is 5.82 Å². The SMILES string of the molecule is CCc1nc(CNC(=NC)N2CCN(c3ccccn3)CC2)cs1. The van der Waals surface area contributed by atoms with Crippen LogP contribution < -0.4 is 10.2 Å². The van der Waals surface area contributed by atoms with Crippen molar-refractivity contribution in [3.05, 3.63) is 40.5 Å². The van der Waals surface area contributed by atoms with Gasteiger partial charge in [-0.25, -0.2) is 9.97 Å². The van der Waals surface area contributed by atoms with Gasteiger partial charge in [0.05, 0.1) is 17.2 Å². The van der Waals surface area contributed by atoms with E-state index < -0.39 is 0 Å². The van der Waals surface area contributed by atoms with E-state index in [0.29, 0.717) is 0 Å². The van der Waals surface area contributed by atoms with Gasteiger partial charge in [-0.3, -0.25) is 4.99 Å². The van der Waals surface area contributed by atoms with Gasteiger partial charge in [0, 0.05) is 44.8 Å². The number of anilines is 1. The normalized spacial score (nSPS) is 15.7. The number of hydrogen-bond acceptors (Lipinski definition) is 5. The lowest BCUT2D eigenvalue weighted by molar-refractivity contribution is 0.371. The fourth-order valence-corrected chi connectivity index (χ4v) is 3.53. The number of aliphatic imine (C=N–C) groups is 1. The molecule has 0 aliphatic carbocycles. The maximum absolute atomic E-state index is 4.60. The van der Waals surface area contributed by atoms with Gasteiger partial charge in [0.15, 0.2) is 5.96 Å². The molecular weight excluding hydrogens is 320 g/mol. The Bertz CT molecular complexity index is 661. The Morgan fingerprint density at radius 3 is 2.75 bits per heavy atom. The van der Waals surface area contributed by atoms with Crippen LogP contribution >= 0.6 is 11.3 Å². The van der Waals surface area contributed by atoms with Crippen LogP contribution in [0.4, 0.5) is 5.82 Å². The van der Waals surface area contributed by atoms with Gasteiger partial charge in [0.25, 0.3) is 0 Å². The van der Waals surface area contributed by atoms with Gasteiger partial charge in [-0.2, -0.15) is 0 Å². The number of guanidine groups is 1. The third kappa shape index (κ3) is 4.03. The number of pyridine rings is 1. The van der Waals surface area contributed by atoms with Crippen molar-refractivity contribution in [1.82, 2.24) is 20.2 Å². The van der Waals surface area contributed by atoms with Crippen LogP contribution in [-0.4, -0.2) is 54.1 Å². The predicted octanol–water partition coefficient (Wildman–Crippen LogP) is 2.00. The highest BCUT2D eigenvalue weighted by Crippen LogP contribution is 2.13.